The molecule has 1 fully saturated rings. The summed E-state index contributed by atoms with van der Waals surface area (Å²) in [7, 11) is 0. The Morgan fingerprint density at radius 3 is 2.62 bits per heavy atom. The van der Waals surface area contributed by atoms with Gasteiger partial charge < -0.3 is 5.32 Å². The van der Waals surface area contributed by atoms with Gasteiger partial charge in [0.2, 0.25) is 11.8 Å². The van der Waals surface area contributed by atoms with Crippen LogP contribution in [0.3, 0.4) is 0 Å². The average molecular weight is 288 g/mol. The second-order valence-corrected chi connectivity index (χ2v) is 5.15. The number of rotatable bonds is 5. The van der Waals surface area contributed by atoms with Crippen LogP contribution >= 0.6 is 0 Å². The highest BCUT2D eigenvalue weighted by atomic mass is 16.2. The largest absolute Gasteiger partial charge is 0.353 e. The van der Waals surface area contributed by atoms with Crippen molar-refractivity contribution in [3.8, 4) is 0 Å². The Kier molecular flexibility index (Phi) is 5.87. The molecule has 6 nitrogen and oxygen atoms in total. The molecule has 1 aromatic rings. The van der Waals surface area contributed by atoms with Crippen molar-refractivity contribution < 1.29 is 9.59 Å². The first-order chi connectivity index (χ1) is 10.2. The summed E-state index contributed by atoms with van der Waals surface area (Å²) >= 11 is 0. The van der Waals surface area contributed by atoms with Crippen LogP contribution in [0.5, 0.6) is 0 Å². The van der Waals surface area contributed by atoms with Crippen LogP contribution in [0.1, 0.15) is 44.1 Å². The van der Waals surface area contributed by atoms with Gasteiger partial charge in [-0.3, -0.25) is 14.6 Å². The second-order valence-electron chi connectivity index (χ2n) is 5.15. The van der Waals surface area contributed by atoms with Gasteiger partial charge in [0.25, 0.3) is 0 Å². The van der Waals surface area contributed by atoms with E-state index in [2.05, 4.69) is 20.8 Å². The minimum absolute atomic E-state index is 0.190. The van der Waals surface area contributed by atoms with Gasteiger partial charge in [-0.1, -0.05) is 19.3 Å². The molecule has 1 aliphatic carbocycles. The number of nitrogens with zero attached hydrogens (tertiary/aromatic N) is 2. The molecule has 1 aromatic heterocycles. The number of hydrogen-bond acceptors (Lipinski definition) is 4. The fraction of sp³-hybridized carbons (Fsp3) is 0.467. The maximum absolute atomic E-state index is 11.7. The predicted molar refractivity (Wildman–Crippen MR) is 79.6 cm³/mol. The highest BCUT2D eigenvalue weighted by Crippen LogP contribution is 2.17. The van der Waals surface area contributed by atoms with Crippen molar-refractivity contribution in [1.29, 1.82) is 0 Å². The fourth-order valence-electron chi connectivity index (χ4n) is 2.34. The second kappa shape index (κ2) is 8.14. The Morgan fingerprint density at radius 1 is 1.19 bits per heavy atom. The Hall–Kier alpha value is -2.24. The summed E-state index contributed by atoms with van der Waals surface area (Å²) in [5, 5.41) is 6.71. The normalized spacial score (nSPS) is 15.8. The number of hydrazone groups is 1. The number of carbonyl (C=O) groups is 2. The van der Waals surface area contributed by atoms with Gasteiger partial charge in [0.1, 0.15) is 6.42 Å². The van der Waals surface area contributed by atoms with Crippen LogP contribution < -0.4 is 10.7 Å². The zero-order valence-electron chi connectivity index (χ0n) is 11.9. The van der Waals surface area contributed by atoms with E-state index >= 15 is 0 Å². The third-order valence-corrected chi connectivity index (χ3v) is 3.40. The maximum atomic E-state index is 11.7. The molecule has 112 valence electrons. The van der Waals surface area contributed by atoms with Crippen molar-refractivity contribution in [2.24, 2.45) is 5.10 Å². The molecule has 0 aliphatic heterocycles. The van der Waals surface area contributed by atoms with Gasteiger partial charge >= 0.3 is 0 Å². The molecule has 1 saturated carbocycles. The van der Waals surface area contributed by atoms with Crippen molar-refractivity contribution in [2.75, 3.05) is 0 Å². The Labute approximate surface area is 124 Å². The van der Waals surface area contributed by atoms with E-state index < -0.39 is 5.91 Å². The summed E-state index contributed by atoms with van der Waals surface area (Å²) in [6.07, 6.45) is 10.1. The summed E-state index contributed by atoms with van der Waals surface area (Å²) < 4.78 is 0. The van der Waals surface area contributed by atoms with Crippen molar-refractivity contribution >= 4 is 18.0 Å². The van der Waals surface area contributed by atoms with Crippen molar-refractivity contribution in [3.63, 3.8) is 0 Å². The molecule has 1 heterocycles. The van der Waals surface area contributed by atoms with Crippen LogP contribution in [0.15, 0.2) is 29.6 Å². The van der Waals surface area contributed by atoms with Crippen LogP contribution in [0.4, 0.5) is 0 Å². The van der Waals surface area contributed by atoms with E-state index in [0.717, 1.165) is 31.2 Å². The lowest BCUT2D eigenvalue weighted by Gasteiger charge is -2.22. The Morgan fingerprint density at radius 2 is 1.90 bits per heavy atom. The zero-order valence-corrected chi connectivity index (χ0v) is 11.9. The molecule has 0 atom stereocenters. The third kappa shape index (κ3) is 5.72. The number of aromatic nitrogens is 1. The first-order valence-electron chi connectivity index (χ1n) is 7.25. The number of carbonyl (C=O) groups excluding carboxylic acids is 2. The highest BCUT2D eigenvalue weighted by molar-refractivity contribution is 5.97. The summed E-state index contributed by atoms with van der Waals surface area (Å²) in [5.41, 5.74) is 3.18. The molecule has 21 heavy (non-hydrogen) atoms. The average Bonchev–Trinajstić information content (AvgIpc) is 2.49. The van der Waals surface area contributed by atoms with Crippen molar-refractivity contribution in [1.82, 2.24) is 15.7 Å². The predicted octanol–water partition coefficient (Wildman–Crippen LogP) is 1.37. The van der Waals surface area contributed by atoms with E-state index in [1.165, 1.54) is 12.6 Å². The minimum atomic E-state index is -0.409. The molecular formula is C15H20N4O2. The van der Waals surface area contributed by atoms with E-state index in [0.29, 0.717) is 0 Å². The lowest BCUT2D eigenvalue weighted by molar-refractivity contribution is -0.129. The summed E-state index contributed by atoms with van der Waals surface area (Å²) in [4.78, 5) is 27.2. The smallest absolute Gasteiger partial charge is 0.249 e. The molecule has 2 N–H and O–H groups in total. The van der Waals surface area contributed by atoms with Gasteiger partial charge in [0.15, 0.2) is 0 Å². The standard InChI is InChI=1S/C15H20N4O2/c20-14(18-13-4-2-1-3-5-13)10-15(21)19-17-11-12-6-8-16-9-7-12/h6-9,11,13H,1-5,10H2,(H,18,20)(H,19,21)/b17-11-. The summed E-state index contributed by atoms with van der Waals surface area (Å²) in [6.45, 7) is 0. The van der Waals surface area contributed by atoms with E-state index in [9.17, 15) is 9.59 Å². The number of nitrogens with one attached hydrogen (secondary N) is 2. The quantitative estimate of drug-likeness (QED) is 0.487. The topological polar surface area (TPSA) is 83.5 Å². The van der Waals surface area contributed by atoms with Gasteiger partial charge in [-0.15, -0.1) is 0 Å². The molecule has 0 bridgehead atoms. The van der Waals surface area contributed by atoms with Crippen LogP contribution in [-0.4, -0.2) is 29.1 Å². The Bertz CT molecular complexity index is 496. The van der Waals surface area contributed by atoms with Crippen LogP contribution in [0, 0.1) is 0 Å². The highest BCUT2D eigenvalue weighted by Gasteiger charge is 2.17. The van der Waals surface area contributed by atoms with Crippen LogP contribution in [-0.2, 0) is 9.59 Å². The molecule has 2 amide bonds. The molecule has 6 heteroatoms. The molecule has 0 aromatic carbocycles. The first kappa shape index (κ1) is 15.2. The third-order valence-electron chi connectivity index (χ3n) is 3.40. The lowest BCUT2D eigenvalue weighted by atomic mass is 9.95. The lowest BCUT2D eigenvalue weighted by Crippen LogP contribution is -2.38. The van der Waals surface area contributed by atoms with Gasteiger partial charge in [0.05, 0.1) is 6.21 Å². The molecule has 0 radical (unpaired) electrons. The summed E-state index contributed by atoms with van der Waals surface area (Å²) in [6, 6.07) is 3.76. The summed E-state index contributed by atoms with van der Waals surface area (Å²) in [5.74, 6) is -0.646. The first-order valence-corrected chi connectivity index (χ1v) is 7.25. The SMILES string of the molecule is O=C(CC(=O)NC1CCCCC1)N/N=C\c1ccncc1. The van der Waals surface area contributed by atoms with Crippen molar-refractivity contribution in [2.45, 2.75) is 44.6 Å². The zero-order chi connectivity index (χ0) is 14.9. The molecule has 1 aliphatic rings. The van der Waals surface area contributed by atoms with Gasteiger partial charge in [-0.2, -0.15) is 5.10 Å². The minimum Gasteiger partial charge on any atom is -0.353 e. The molecule has 2 rings (SSSR count). The number of amides is 2. The van der Waals surface area contributed by atoms with Crippen LogP contribution in [0.25, 0.3) is 0 Å². The van der Waals surface area contributed by atoms with E-state index in [4.69, 9.17) is 0 Å². The molecule has 0 unspecified atom stereocenters. The molecule has 0 spiro atoms. The molecular weight excluding hydrogens is 268 g/mol. The van der Waals surface area contributed by atoms with E-state index in [-0.39, 0.29) is 18.4 Å². The van der Waals surface area contributed by atoms with Crippen LogP contribution in [0.2, 0.25) is 0 Å². The van der Waals surface area contributed by atoms with E-state index in [1.807, 2.05) is 0 Å². The monoisotopic (exact) mass is 288 g/mol. The fourth-order valence-corrected chi connectivity index (χ4v) is 2.34. The van der Waals surface area contributed by atoms with E-state index in [1.54, 1.807) is 24.5 Å². The number of hydrogen-bond donors (Lipinski definition) is 2. The van der Waals surface area contributed by atoms with Gasteiger partial charge in [-0.05, 0) is 30.5 Å². The van der Waals surface area contributed by atoms with Gasteiger partial charge in [0, 0.05) is 18.4 Å². The maximum Gasteiger partial charge on any atom is 0.249 e. The van der Waals surface area contributed by atoms with Gasteiger partial charge in [-0.25, -0.2) is 5.43 Å². The van der Waals surface area contributed by atoms with Crippen molar-refractivity contribution in [3.05, 3.63) is 30.1 Å². The number of pyridine rings is 1. The Balaban J connectivity index is 1.69. The molecule has 0 saturated heterocycles.